The van der Waals surface area contributed by atoms with Gasteiger partial charge in [0.1, 0.15) is 0 Å². The molecule has 0 heterocycles. The number of carbonyl (C=O) groups is 1. The van der Waals surface area contributed by atoms with Crippen molar-refractivity contribution in [3.8, 4) is 0 Å². The van der Waals surface area contributed by atoms with E-state index < -0.39 is 5.54 Å². The second-order valence-corrected chi connectivity index (χ2v) is 6.21. The lowest BCUT2D eigenvalue weighted by Gasteiger charge is -2.36. The number of benzene rings is 1. The van der Waals surface area contributed by atoms with Crippen LogP contribution in [0.2, 0.25) is 0 Å². The molecule has 0 aromatic heterocycles. The Labute approximate surface area is 121 Å². The van der Waals surface area contributed by atoms with Gasteiger partial charge in [-0.05, 0) is 53.6 Å². The van der Waals surface area contributed by atoms with Crippen molar-refractivity contribution < 1.29 is 9.90 Å². The van der Waals surface area contributed by atoms with Gasteiger partial charge >= 0.3 is 0 Å². The highest BCUT2D eigenvalue weighted by molar-refractivity contribution is 14.1. The maximum Gasteiger partial charge on any atom is 0.251 e. The summed E-state index contributed by atoms with van der Waals surface area (Å²) in [5.74, 6) is -0.0792. The summed E-state index contributed by atoms with van der Waals surface area (Å²) < 4.78 is 1.04. The van der Waals surface area contributed by atoms with Gasteiger partial charge in [0.05, 0.1) is 12.1 Å². The number of nitrogens with one attached hydrogen (secondary N) is 1. The Morgan fingerprint density at radius 2 is 2.06 bits per heavy atom. The highest BCUT2D eigenvalue weighted by atomic mass is 127. The lowest BCUT2D eigenvalue weighted by atomic mass is 9.82. The van der Waals surface area contributed by atoms with Crippen molar-refractivity contribution in [3.05, 3.63) is 33.4 Å². The molecular formula is C14H18INO2. The molecular weight excluding hydrogens is 341 g/mol. The van der Waals surface area contributed by atoms with Crippen molar-refractivity contribution in [1.82, 2.24) is 5.32 Å². The molecule has 2 N–H and O–H groups in total. The Hall–Kier alpha value is -0.620. The van der Waals surface area contributed by atoms with E-state index in [2.05, 4.69) is 27.9 Å². The topological polar surface area (TPSA) is 49.3 Å². The maximum absolute atomic E-state index is 12.2. The molecule has 1 fully saturated rings. The van der Waals surface area contributed by atoms with E-state index >= 15 is 0 Å². The van der Waals surface area contributed by atoms with E-state index in [4.69, 9.17) is 0 Å². The fourth-order valence-electron chi connectivity index (χ4n) is 2.49. The highest BCUT2D eigenvalue weighted by Gasteiger charge is 2.33. The van der Waals surface area contributed by atoms with Crippen LogP contribution < -0.4 is 5.32 Å². The Balaban J connectivity index is 2.10. The Morgan fingerprint density at radius 1 is 1.33 bits per heavy atom. The molecule has 1 aliphatic rings. The molecule has 0 atom stereocenters. The SMILES string of the molecule is O=C(NC1(CO)CCCCC1)c1cccc(I)c1. The van der Waals surface area contributed by atoms with Gasteiger partial charge in [-0.15, -0.1) is 0 Å². The van der Waals surface area contributed by atoms with Gasteiger partial charge in [-0.3, -0.25) is 4.79 Å². The van der Waals surface area contributed by atoms with Crippen molar-refractivity contribution >= 4 is 28.5 Å². The summed E-state index contributed by atoms with van der Waals surface area (Å²) >= 11 is 2.19. The quantitative estimate of drug-likeness (QED) is 0.816. The third kappa shape index (κ3) is 3.23. The van der Waals surface area contributed by atoms with Gasteiger partial charge in [-0.25, -0.2) is 0 Å². The number of hydrogen-bond acceptors (Lipinski definition) is 2. The van der Waals surface area contributed by atoms with E-state index in [1.54, 1.807) is 0 Å². The summed E-state index contributed by atoms with van der Waals surface area (Å²) in [6.45, 7) is 0.0304. The molecule has 1 aromatic rings. The smallest absolute Gasteiger partial charge is 0.251 e. The summed E-state index contributed by atoms with van der Waals surface area (Å²) in [5, 5.41) is 12.6. The van der Waals surface area contributed by atoms with Crippen molar-refractivity contribution in [1.29, 1.82) is 0 Å². The molecule has 0 unspecified atom stereocenters. The fraction of sp³-hybridized carbons (Fsp3) is 0.500. The standard InChI is InChI=1S/C14H18INO2/c15-12-6-4-5-11(9-12)13(18)16-14(10-17)7-2-1-3-8-14/h4-6,9,17H,1-3,7-8,10H2,(H,16,18). The first-order valence-electron chi connectivity index (χ1n) is 6.34. The number of aliphatic hydroxyl groups excluding tert-OH is 1. The minimum Gasteiger partial charge on any atom is -0.394 e. The first-order valence-corrected chi connectivity index (χ1v) is 7.42. The molecule has 1 aromatic carbocycles. The van der Waals surface area contributed by atoms with Gasteiger partial charge in [0.25, 0.3) is 5.91 Å². The molecule has 0 saturated heterocycles. The van der Waals surface area contributed by atoms with E-state index in [1.165, 1.54) is 6.42 Å². The number of aliphatic hydroxyl groups is 1. The van der Waals surface area contributed by atoms with Crippen LogP contribution in [0.3, 0.4) is 0 Å². The molecule has 1 aliphatic carbocycles. The number of carbonyl (C=O) groups excluding carboxylic acids is 1. The van der Waals surface area contributed by atoms with Gasteiger partial charge < -0.3 is 10.4 Å². The number of halogens is 1. The van der Waals surface area contributed by atoms with Crippen molar-refractivity contribution in [2.75, 3.05) is 6.61 Å². The van der Waals surface area contributed by atoms with Crippen molar-refractivity contribution in [2.24, 2.45) is 0 Å². The molecule has 3 nitrogen and oxygen atoms in total. The Morgan fingerprint density at radius 3 is 2.67 bits per heavy atom. The second-order valence-electron chi connectivity index (χ2n) is 4.96. The third-order valence-electron chi connectivity index (χ3n) is 3.58. The van der Waals surface area contributed by atoms with E-state index in [9.17, 15) is 9.90 Å². The van der Waals surface area contributed by atoms with Crippen LogP contribution in [-0.4, -0.2) is 23.2 Å². The van der Waals surface area contributed by atoms with Crippen LogP contribution in [0.15, 0.2) is 24.3 Å². The van der Waals surface area contributed by atoms with Crippen LogP contribution in [0.4, 0.5) is 0 Å². The minimum atomic E-state index is -0.406. The molecule has 1 saturated carbocycles. The Bertz CT molecular complexity index is 428. The number of hydrogen-bond donors (Lipinski definition) is 2. The van der Waals surface area contributed by atoms with Crippen LogP contribution >= 0.6 is 22.6 Å². The van der Waals surface area contributed by atoms with E-state index in [0.717, 1.165) is 29.3 Å². The molecule has 98 valence electrons. The molecule has 1 amide bonds. The van der Waals surface area contributed by atoms with E-state index in [1.807, 2.05) is 24.3 Å². The zero-order valence-corrected chi connectivity index (χ0v) is 12.4. The summed E-state index contributed by atoms with van der Waals surface area (Å²) in [6.07, 6.45) is 5.10. The van der Waals surface area contributed by atoms with E-state index in [-0.39, 0.29) is 12.5 Å². The van der Waals surface area contributed by atoms with Crippen molar-refractivity contribution in [3.63, 3.8) is 0 Å². The lowest BCUT2D eigenvalue weighted by Crippen LogP contribution is -2.52. The molecule has 0 bridgehead atoms. The molecule has 4 heteroatoms. The van der Waals surface area contributed by atoms with Gasteiger partial charge in [0, 0.05) is 9.13 Å². The van der Waals surface area contributed by atoms with Crippen LogP contribution in [-0.2, 0) is 0 Å². The van der Waals surface area contributed by atoms with Gasteiger partial charge in [0.15, 0.2) is 0 Å². The zero-order chi connectivity index (χ0) is 13.0. The average Bonchev–Trinajstić information content (AvgIpc) is 2.40. The van der Waals surface area contributed by atoms with Crippen LogP contribution in [0.1, 0.15) is 42.5 Å². The lowest BCUT2D eigenvalue weighted by molar-refractivity contribution is 0.0758. The first kappa shape index (κ1) is 13.8. The number of rotatable bonds is 3. The molecule has 0 radical (unpaired) electrons. The molecule has 0 spiro atoms. The number of amides is 1. The van der Waals surface area contributed by atoms with Crippen molar-refractivity contribution in [2.45, 2.75) is 37.6 Å². The van der Waals surface area contributed by atoms with Crippen LogP contribution in [0.25, 0.3) is 0 Å². The summed E-state index contributed by atoms with van der Waals surface area (Å²) in [6, 6.07) is 7.51. The molecule has 18 heavy (non-hydrogen) atoms. The largest absolute Gasteiger partial charge is 0.394 e. The van der Waals surface area contributed by atoms with Gasteiger partial charge in [0.2, 0.25) is 0 Å². The normalized spacial score (nSPS) is 18.3. The first-order chi connectivity index (χ1) is 8.65. The van der Waals surface area contributed by atoms with Crippen LogP contribution in [0, 0.1) is 3.57 Å². The average molecular weight is 359 g/mol. The zero-order valence-electron chi connectivity index (χ0n) is 10.3. The summed E-state index contributed by atoms with van der Waals surface area (Å²) in [7, 11) is 0. The second kappa shape index (κ2) is 6.02. The highest BCUT2D eigenvalue weighted by Crippen LogP contribution is 2.28. The summed E-state index contributed by atoms with van der Waals surface area (Å²) in [4.78, 5) is 12.2. The molecule has 0 aliphatic heterocycles. The predicted molar refractivity (Wildman–Crippen MR) is 79.5 cm³/mol. The van der Waals surface area contributed by atoms with Gasteiger partial charge in [-0.1, -0.05) is 25.3 Å². The Kier molecular flexibility index (Phi) is 4.61. The maximum atomic E-state index is 12.2. The van der Waals surface area contributed by atoms with Crippen LogP contribution in [0.5, 0.6) is 0 Å². The third-order valence-corrected chi connectivity index (χ3v) is 4.25. The molecule has 2 rings (SSSR count). The van der Waals surface area contributed by atoms with Gasteiger partial charge in [-0.2, -0.15) is 0 Å². The minimum absolute atomic E-state index is 0.0304. The monoisotopic (exact) mass is 359 g/mol. The van der Waals surface area contributed by atoms with E-state index in [0.29, 0.717) is 5.56 Å². The fourth-order valence-corrected chi connectivity index (χ4v) is 3.04. The predicted octanol–water partition coefficient (Wildman–Crippen LogP) is 2.72. The summed E-state index contributed by atoms with van der Waals surface area (Å²) in [5.41, 5.74) is 0.261.